The molecule has 0 aliphatic carbocycles. The summed E-state index contributed by atoms with van der Waals surface area (Å²) < 4.78 is 84.5. The maximum atomic E-state index is 15.1. The first-order valence-corrected chi connectivity index (χ1v) is 26.5. The Hall–Kier alpha value is -7.81. The Morgan fingerprint density at radius 2 is 0.938 bits per heavy atom. The van der Waals surface area contributed by atoms with Gasteiger partial charge in [-0.25, -0.2) is 8.78 Å². The second-order valence-electron chi connectivity index (χ2n) is 21.9. The van der Waals surface area contributed by atoms with Gasteiger partial charge in [-0.15, -0.1) is 0 Å². The first-order chi connectivity index (χ1) is 37.9. The Labute approximate surface area is 468 Å². The van der Waals surface area contributed by atoms with E-state index in [-0.39, 0.29) is 41.2 Å². The Kier molecular flexibility index (Phi) is 18.8. The van der Waals surface area contributed by atoms with Crippen LogP contribution in [0.3, 0.4) is 0 Å². The summed E-state index contributed by atoms with van der Waals surface area (Å²) in [4.78, 5) is 38.2. The highest BCUT2D eigenvalue weighted by Gasteiger charge is 2.35. The molecule has 6 aromatic rings. The Balaban J connectivity index is 0.000000174. The smallest absolute Gasteiger partial charge is 0.203 e. The van der Waals surface area contributed by atoms with E-state index >= 15 is 4.39 Å². The molecule has 9 rings (SSSR count). The van der Waals surface area contributed by atoms with Crippen molar-refractivity contribution in [1.29, 1.82) is 0 Å². The molecule has 15 heteroatoms. The molecule has 6 aromatic carbocycles. The van der Waals surface area contributed by atoms with Crippen LogP contribution in [-0.2, 0) is 25.7 Å². The van der Waals surface area contributed by atoms with E-state index < -0.39 is 23.7 Å². The number of carbonyl (C=O) groups is 3. The number of halogens is 2. The zero-order valence-corrected chi connectivity index (χ0v) is 48.4. The zero-order chi connectivity index (χ0) is 58.3. The Morgan fingerprint density at radius 1 is 0.512 bits per heavy atom. The molecule has 2 atom stereocenters. The van der Waals surface area contributed by atoms with Crippen molar-refractivity contribution in [3.05, 3.63) is 153 Å². The van der Waals surface area contributed by atoms with Crippen molar-refractivity contribution in [2.45, 2.75) is 123 Å². The average molecular weight is 1100 g/mol. The van der Waals surface area contributed by atoms with Gasteiger partial charge in [0.25, 0.3) is 0 Å². The molecule has 13 nitrogen and oxygen atoms in total. The molecule has 3 heterocycles. The summed E-state index contributed by atoms with van der Waals surface area (Å²) in [6.07, 6.45) is 1.27. The van der Waals surface area contributed by atoms with Gasteiger partial charge >= 0.3 is 0 Å². The first kappa shape index (κ1) is 59.8. The lowest BCUT2D eigenvalue weighted by atomic mass is 9.90. The molecule has 0 amide bonds. The third-order valence-corrected chi connectivity index (χ3v) is 14.4. The average Bonchev–Trinajstić information content (AvgIpc) is 3.46. The monoisotopic (exact) mass is 1100 g/mol. The first-order valence-electron chi connectivity index (χ1n) is 26.5. The summed E-state index contributed by atoms with van der Waals surface area (Å²) in [5.74, 6) is 4.71. The molecule has 0 saturated heterocycles. The van der Waals surface area contributed by atoms with Crippen LogP contribution in [0.4, 0.5) is 8.78 Å². The molecule has 426 valence electrons. The summed E-state index contributed by atoms with van der Waals surface area (Å²) >= 11 is 0. The van der Waals surface area contributed by atoms with E-state index in [4.69, 9.17) is 47.4 Å². The molecular formula is C65H74F2O13. The molecule has 80 heavy (non-hydrogen) atoms. The van der Waals surface area contributed by atoms with Gasteiger partial charge in [0, 0.05) is 47.1 Å². The number of Topliss-reactive ketones (excluding diaryl/α,β-unsaturated/α-hetero) is 3. The number of hydrogen-bond acceptors (Lipinski definition) is 13. The van der Waals surface area contributed by atoms with E-state index in [1.165, 1.54) is 54.8 Å². The minimum Gasteiger partial charge on any atom is -0.496 e. The standard InChI is InChI=1S/2C22H25FO5.C21H24O3/c1-22(2)12-16(23)15-11-14(6-7-18(15)28-22)17(24)8-13-9-19(25-3)21(27-5)20(10-13)26-4;1-22(2)9-8-13-10-14(6-7-16(13)28-22)20(24)19(23)15-11-17(25-3)21(27-5)18(12-15)26-4;1-14-5-6-15(12-20(14)23-4)11-18(22)16-7-8-19-17(13-16)9-10-21(2,3)24-19/h6-7,9-11,16H,8,12H2,1-5H3;6-7,10-12,19H,8-9H2,1-5H3;5-8,12-13H,9-11H2,1-4H3/i2*23-1;. The number of hydrogen-bond donors (Lipinski definition) is 0. The van der Waals surface area contributed by atoms with Gasteiger partial charge in [0.1, 0.15) is 46.0 Å². The number of ether oxygens (including phenoxy) is 10. The summed E-state index contributed by atoms with van der Waals surface area (Å²) in [6, 6.07) is 28.1. The number of rotatable bonds is 16. The SMILES string of the molecule is COc1cc(C([18F])C(=O)c2ccc3c(c2)CCC(C)(C)O3)cc(OC)c1OC.COc1cc(CC(=O)c2ccc3c(c2)C([18F])CC(C)(C)O3)cc(OC)c1OC.COc1cc(CC(=O)c2ccc3c(c2)CCC(C)(C)O3)ccc1C. The van der Waals surface area contributed by atoms with Crippen LogP contribution < -0.4 is 47.4 Å². The van der Waals surface area contributed by atoms with Gasteiger partial charge in [0.05, 0.1) is 49.8 Å². The molecule has 0 fully saturated rings. The number of alkyl halides is 2. The van der Waals surface area contributed by atoms with Crippen LogP contribution in [0.2, 0.25) is 0 Å². The zero-order valence-electron chi connectivity index (χ0n) is 48.4. The number of aryl methyl sites for hydroxylation is 3. The van der Waals surface area contributed by atoms with Gasteiger partial charge in [-0.05, 0) is 187 Å². The topological polar surface area (TPSA) is 144 Å². The predicted octanol–water partition coefficient (Wildman–Crippen LogP) is 14.0. The Morgan fingerprint density at radius 3 is 1.44 bits per heavy atom. The normalized spacial score (nSPS) is 16.2. The molecule has 0 N–H and O–H groups in total. The fourth-order valence-electron chi connectivity index (χ4n) is 9.92. The third kappa shape index (κ3) is 14.1. The van der Waals surface area contributed by atoms with Crippen molar-refractivity contribution in [3.63, 3.8) is 0 Å². The van der Waals surface area contributed by atoms with Gasteiger partial charge in [0.15, 0.2) is 40.7 Å². The Bertz CT molecular complexity index is 3180. The quantitative estimate of drug-likeness (QED) is 0.0849. The van der Waals surface area contributed by atoms with Crippen LogP contribution in [0.25, 0.3) is 0 Å². The molecule has 3 aliphatic rings. The predicted molar refractivity (Wildman–Crippen MR) is 303 cm³/mol. The molecular weight excluding hydrogens is 1020 g/mol. The summed E-state index contributed by atoms with van der Waals surface area (Å²) in [6.45, 7) is 13.9. The third-order valence-electron chi connectivity index (χ3n) is 14.4. The van der Waals surface area contributed by atoms with Crippen LogP contribution in [-0.4, -0.2) is 83.9 Å². The fourth-order valence-corrected chi connectivity index (χ4v) is 9.92. The molecule has 0 radical (unpaired) electrons. The van der Waals surface area contributed by atoms with Gasteiger partial charge < -0.3 is 47.4 Å². The van der Waals surface area contributed by atoms with Crippen molar-refractivity contribution in [2.24, 2.45) is 0 Å². The fraction of sp³-hybridized carbons (Fsp3) is 0.400. The lowest BCUT2D eigenvalue weighted by Gasteiger charge is -2.34. The number of carbonyl (C=O) groups excluding carboxylic acids is 3. The molecule has 3 aliphatic heterocycles. The van der Waals surface area contributed by atoms with E-state index in [1.54, 1.807) is 55.6 Å². The highest BCUT2D eigenvalue weighted by Crippen LogP contribution is 2.44. The largest absolute Gasteiger partial charge is 0.496 e. The van der Waals surface area contributed by atoms with E-state index in [0.29, 0.717) is 68.9 Å². The van der Waals surface area contributed by atoms with E-state index in [1.807, 2.05) is 71.0 Å². The summed E-state index contributed by atoms with van der Waals surface area (Å²) in [7, 11) is 10.6. The number of methoxy groups -OCH3 is 7. The number of benzene rings is 6. The van der Waals surface area contributed by atoms with E-state index in [0.717, 1.165) is 70.7 Å². The van der Waals surface area contributed by atoms with Gasteiger partial charge in [0.2, 0.25) is 17.3 Å². The van der Waals surface area contributed by atoms with Crippen molar-refractivity contribution >= 4 is 17.3 Å². The molecule has 0 aromatic heterocycles. The van der Waals surface area contributed by atoms with E-state index in [9.17, 15) is 18.8 Å². The van der Waals surface area contributed by atoms with Crippen LogP contribution >= 0.6 is 0 Å². The lowest BCUT2D eigenvalue weighted by molar-refractivity contribution is 0.0442. The molecule has 0 bridgehead atoms. The van der Waals surface area contributed by atoms with E-state index in [2.05, 4.69) is 13.8 Å². The van der Waals surface area contributed by atoms with Crippen LogP contribution in [0.15, 0.2) is 97.1 Å². The summed E-state index contributed by atoms with van der Waals surface area (Å²) in [5, 5.41) is 0. The van der Waals surface area contributed by atoms with Gasteiger partial charge in [-0.1, -0.05) is 12.1 Å². The van der Waals surface area contributed by atoms with Crippen molar-refractivity contribution in [2.75, 3.05) is 49.8 Å². The molecule has 0 saturated carbocycles. The summed E-state index contributed by atoms with van der Waals surface area (Å²) in [5.41, 5.74) is 5.95. The minimum atomic E-state index is -1.85. The van der Waals surface area contributed by atoms with Crippen molar-refractivity contribution < 1.29 is 70.5 Å². The van der Waals surface area contributed by atoms with Gasteiger partial charge in [-0.2, -0.15) is 0 Å². The molecule has 0 spiro atoms. The highest BCUT2D eigenvalue weighted by molar-refractivity contribution is 6.01. The van der Waals surface area contributed by atoms with Crippen LogP contribution in [0, 0.1) is 6.92 Å². The van der Waals surface area contributed by atoms with Crippen LogP contribution in [0.5, 0.6) is 57.5 Å². The van der Waals surface area contributed by atoms with Gasteiger partial charge in [-0.3, -0.25) is 14.4 Å². The maximum absolute atomic E-state index is 15.1. The lowest BCUT2D eigenvalue weighted by Crippen LogP contribution is -2.33. The second kappa shape index (κ2) is 25.1. The van der Waals surface area contributed by atoms with Crippen molar-refractivity contribution in [3.8, 4) is 57.5 Å². The second-order valence-corrected chi connectivity index (χ2v) is 21.9. The number of fused-ring (bicyclic) bond motifs is 3. The minimum absolute atomic E-state index is 0.119. The molecule has 2 unspecified atom stereocenters. The maximum Gasteiger partial charge on any atom is 0.203 e. The number of ketones is 3. The highest BCUT2D eigenvalue weighted by atomic mass is 18.2. The van der Waals surface area contributed by atoms with Crippen molar-refractivity contribution in [1.82, 2.24) is 0 Å². The van der Waals surface area contributed by atoms with Crippen LogP contribution in [0.1, 0.15) is 143 Å².